The Bertz CT molecular complexity index is 851. The van der Waals surface area contributed by atoms with Crippen LogP contribution in [-0.2, 0) is 24.1 Å². The molecule has 1 aliphatic carbocycles. The Kier molecular flexibility index (Phi) is 4.58. The number of nitriles is 1. The predicted molar refractivity (Wildman–Crippen MR) is 91.1 cm³/mol. The number of fused-ring (bicyclic) bond motifs is 1. The van der Waals surface area contributed by atoms with Crippen LogP contribution in [0.3, 0.4) is 0 Å². The Morgan fingerprint density at radius 2 is 2.08 bits per heavy atom. The molecule has 0 radical (unpaired) electrons. The standard InChI is InChI=1S/C17H15N3O3S/c18-10-13-12-6-2-4-8-15(12)24-17(13)19-16(21)9-11-5-1-3-7-14(11)20(22)23/h1,3,5,7H,2,4,6,8-9H2,(H,19,21). The molecule has 0 saturated carbocycles. The van der Waals surface area contributed by atoms with Crippen LogP contribution >= 0.6 is 11.3 Å². The van der Waals surface area contributed by atoms with Gasteiger partial charge in [-0.2, -0.15) is 5.26 Å². The number of nitrogens with one attached hydrogen (secondary N) is 1. The number of carbonyl (C=O) groups is 1. The van der Waals surface area contributed by atoms with E-state index in [-0.39, 0.29) is 18.0 Å². The topological polar surface area (TPSA) is 96.0 Å². The number of nitrogens with zero attached hydrogens (tertiary/aromatic N) is 2. The molecule has 0 unspecified atom stereocenters. The number of carbonyl (C=O) groups excluding carboxylic acids is 1. The highest BCUT2D eigenvalue weighted by molar-refractivity contribution is 7.16. The van der Waals surface area contributed by atoms with E-state index in [4.69, 9.17) is 0 Å². The van der Waals surface area contributed by atoms with Crippen molar-refractivity contribution in [2.75, 3.05) is 5.32 Å². The fraction of sp³-hybridized carbons (Fsp3) is 0.294. The van der Waals surface area contributed by atoms with Crippen LogP contribution in [0.1, 0.15) is 34.4 Å². The van der Waals surface area contributed by atoms with Gasteiger partial charge in [0, 0.05) is 16.5 Å². The average Bonchev–Trinajstić information content (AvgIpc) is 2.91. The first-order valence-electron chi connectivity index (χ1n) is 7.67. The van der Waals surface area contributed by atoms with Crippen LogP contribution in [0.4, 0.5) is 10.7 Å². The van der Waals surface area contributed by atoms with Gasteiger partial charge in [-0.25, -0.2) is 0 Å². The lowest BCUT2D eigenvalue weighted by molar-refractivity contribution is -0.385. The summed E-state index contributed by atoms with van der Waals surface area (Å²) in [5.41, 5.74) is 1.89. The molecule has 0 bridgehead atoms. The summed E-state index contributed by atoms with van der Waals surface area (Å²) < 4.78 is 0. The van der Waals surface area contributed by atoms with Crippen LogP contribution in [-0.4, -0.2) is 10.8 Å². The highest BCUT2D eigenvalue weighted by atomic mass is 32.1. The Morgan fingerprint density at radius 1 is 1.33 bits per heavy atom. The van der Waals surface area contributed by atoms with Crippen molar-refractivity contribution >= 4 is 27.9 Å². The second-order valence-corrected chi connectivity index (χ2v) is 6.74. The number of hydrogen-bond acceptors (Lipinski definition) is 5. The number of amides is 1. The van der Waals surface area contributed by atoms with Crippen molar-refractivity contribution in [3.05, 3.63) is 55.9 Å². The second kappa shape index (κ2) is 6.81. The van der Waals surface area contributed by atoms with E-state index >= 15 is 0 Å². The molecule has 2 aromatic rings. The molecule has 0 fully saturated rings. The lowest BCUT2D eigenvalue weighted by Crippen LogP contribution is -2.15. The molecule has 0 saturated heterocycles. The third kappa shape index (κ3) is 3.14. The first-order chi connectivity index (χ1) is 11.6. The van der Waals surface area contributed by atoms with Gasteiger partial charge in [0.2, 0.25) is 5.91 Å². The minimum Gasteiger partial charge on any atom is -0.316 e. The lowest BCUT2D eigenvalue weighted by atomic mass is 9.96. The van der Waals surface area contributed by atoms with Gasteiger partial charge in [-0.3, -0.25) is 14.9 Å². The quantitative estimate of drug-likeness (QED) is 0.679. The summed E-state index contributed by atoms with van der Waals surface area (Å²) in [7, 11) is 0. The normalized spacial score (nSPS) is 13.0. The zero-order valence-corrected chi connectivity index (χ0v) is 13.7. The van der Waals surface area contributed by atoms with Crippen molar-refractivity contribution in [3.8, 4) is 6.07 Å². The molecule has 1 aromatic carbocycles. The summed E-state index contributed by atoms with van der Waals surface area (Å²) in [6.45, 7) is 0. The molecule has 1 aromatic heterocycles. The number of thiophene rings is 1. The van der Waals surface area contributed by atoms with Crippen molar-refractivity contribution in [2.24, 2.45) is 0 Å². The third-order valence-corrected chi connectivity index (χ3v) is 5.28. The zero-order valence-electron chi connectivity index (χ0n) is 12.9. The second-order valence-electron chi connectivity index (χ2n) is 5.64. The van der Waals surface area contributed by atoms with Gasteiger partial charge >= 0.3 is 0 Å². The van der Waals surface area contributed by atoms with E-state index in [0.717, 1.165) is 31.2 Å². The van der Waals surface area contributed by atoms with E-state index in [1.165, 1.54) is 22.3 Å². The smallest absolute Gasteiger partial charge is 0.273 e. The van der Waals surface area contributed by atoms with Gasteiger partial charge in [-0.15, -0.1) is 11.3 Å². The van der Waals surface area contributed by atoms with Crippen LogP contribution in [0, 0.1) is 21.4 Å². The van der Waals surface area contributed by atoms with Crippen LogP contribution in [0.2, 0.25) is 0 Å². The molecule has 1 N–H and O–H groups in total. The third-order valence-electron chi connectivity index (χ3n) is 4.08. The Balaban J connectivity index is 1.80. The van der Waals surface area contributed by atoms with Crippen molar-refractivity contribution in [3.63, 3.8) is 0 Å². The van der Waals surface area contributed by atoms with Crippen LogP contribution < -0.4 is 5.32 Å². The van der Waals surface area contributed by atoms with Crippen molar-refractivity contribution in [1.29, 1.82) is 5.26 Å². The number of aryl methyl sites for hydroxylation is 1. The van der Waals surface area contributed by atoms with E-state index < -0.39 is 4.92 Å². The molecule has 0 aliphatic heterocycles. The van der Waals surface area contributed by atoms with Crippen molar-refractivity contribution in [2.45, 2.75) is 32.1 Å². The Morgan fingerprint density at radius 3 is 2.83 bits per heavy atom. The van der Waals surface area contributed by atoms with Gasteiger partial charge < -0.3 is 5.32 Å². The number of rotatable bonds is 4. The highest BCUT2D eigenvalue weighted by Gasteiger charge is 2.22. The number of para-hydroxylation sites is 1. The lowest BCUT2D eigenvalue weighted by Gasteiger charge is -2.09. The molecule has 1 heterocycles. The van der Waals surface area contributed by atoms with Gasteiger partial charge in [0.05, 0.1) is 16.9 Å². The summed E-state index contributed by atoms with van der Waals surface area (Å²) >= 11 is 1.45. The maximum Gasteiger partial charge on any atom is 0.273 e. The SMILES string of the molecule is N#Cc1c(NC(=O)Cc2ccccc2[N+](=O)[O-])sc2c1CCCC2. The maximum atomic E-state index is 12.3. The van der Waals surface area contributed by atoms with Crippen LogP contribution in [0.15, 0.2) is 24.3 Å². The molecule has 3 rings (SSSR count). The molecule has 0 atom stereocenters. The van der Waals surface area contributed by atoms with Gasteiger partial charge in [-0.05, 0) is 31.2 Å². The maximum absolute atomic E-state index is 12.3. The largest absolute Gasteiger partial charge is 0.316 e. The fourth-order valence-electron chi connectivity index (χ4n) is 2.95. The van der Waals surface area contributed by atoms with E-state index in [1.54, 1.807) is 18.2 Å². The fourth-order valence-corrected chi connectivity index (χ4v) is 4.21. The van der Waals surface area contributed by atoms with Gasteiger partial charge in [-0.1, -0.05) is 18.2 Å². The molecule has 122 valence electrons. The first kappa shape index (κ1) is 16.1. The molecule has 0 spiro atoms. The predicted octanol–water partition coefficient (Wildman–Crippen LogP) is 3.59. The Labute approximate surface area is 142 Å². The van der Waals surface area contributed by atoms with Crippen molar-refractivity contribution in [1.82, 2.24) is 0 Å². The number of anilines is 1. The summed E-state index contributed by atoms with van der Waals surface area (Å²) in [5, 5.41) is 23.8. The molecule has 7 heteroatoms. The van der Waals surface area contributed by atoms with Gasteiger partial charge in [0.15, 0.2) is 0 Å². The van der Waals surface area contributed by atoms with Gasteiger partial charge in [0.25, 0.3) is 5.69 Å². The van der Waals surface area contributed by atoms with Crippen LogP contribution in [0.5, 0.6) is 0 Å². The summed E-state index contributed by atoms with van der Waals surface area (Å²) in [5.74, 6) is -0.348. The molecular weight excluding hydrogens is 326 g/mol. The number of nitro groups is 1. The van der Waals surface area contributed by atoms with Gasteiger partial charge in [0.1, 0.15) is 11.1 Å². The van der Waals surface area contributed by atoms with E-state index in [9.17, 15) is 20.2 Å². The minimum atomic E-state index is -0.493. The molecule has 1 amide bonds. The first-order valence-corrected chi connectivity index (χ1v) is 8.48. The summed E-state index contributed by atoms with van der Waals surface area (Å²) in [4.78, 5) is 24.0. The molecule has 6 nitrogen and oxygen atoms in total. The average molecular weight is 341 g/mol. The Hall–Kier alpha value is -2.72. The van der Waals surface area contributed by atoms with E-state index in [2.05, 4.69) is 11.4 Å². The minimum absolute atomic E-state index is 0.0707. The molecule has 1 aliphatic rings. The summed E-state index contributed by atoms with van der Waals surface area (Å²) in [6.07, 6.45) is 3.87. The number of nitro benzene ring substituents is 1. The monoisotopic (exact) mass is 341 g/mol. The van der Waals surface area contributed by atoms with E-state index in [0.29, 0.717) is 16.1 Å². The number of benzene rings is 1. The van der Waals surface area contributed by atoms with Crippen LogP contribution in [0.25, 0.3) is 0 Å². The molecular formula is C17H15N3O3S. The van der Waals surface area contributed by atoms with E-state index in [1.807, 2.05) is 0 Å². The molecule has 24 heavy (non-hydrogen) atoms. The summed E-state index contributed by atoms with van der Waals surface area (Å²) in [6, 6.07) is 8.38. The zero-order chi connectivity index (χ0) is 17.1. The highest BCUT2D eigenvalue weighted by Crippen LogP contribution is 2.37. The number of hydrogen-bond donors (Lipinski definition) is 1. The van der Waals surface area contributed by atoms with Crippen molar-refractivity contribution < 1.29 is 9.72 Å².